The van der Waals surface area contributed by atoms with Crippen LogP contribution in [0.1, 0.15) is 25.7 Å². The second-order valence-electron chi connectivity index (χ2n) is 3.50. The van der Waals surface area contributed by atoms with Crippen LogP contribution >= 0.6 is 0 Å². The van der Waals surface area contributed by atoms with E-state index in [9.17, 15) is 8.42 Å². The van der Waals surface area contributed by atoms with Gasteiger partial charge >= 0.3 is 0 Å². The Bertz CT molecular complexity index is 359. The summed E-state index contributed by atoms with van der Waals surface area (Å²) in [5.41, 5.74) is 0. The molecule has 15 heavy (non-hydrogen) atoms. The van der Waals surface area contributed by atoms with Gasteiger partial charge in [0.1, 0.15) is 0 Å². The number of aryl methyl sites for hydroxylation is 1. The Morgan fingerprint density at radius 3 is 2.53 bits per heavy atom. The van der Waals surface area contributed by atoms with Gasteiger partial charge in [0.25, 0.3) is 10.1 Å². The highest BCUT2D eigenvalue weighted by atomic mass is 32.2. The van der Waals surface area contributed by atoms with Gasteiger partial charge in [0.2, 0.25) is 0 Å². The SMILES string of the molecule is O=S(=O)(O)CCCCCCn1ccnc1. The Balaban J connectivity index is 1.99. The maximum atomic E-state index is 10.4. The molecule has 1 aromatic rings. The lowest BCUT2D eigenvalue weighted by Gasteiger charge is -2.01. The van der Waals surface area contributed by atoms with Crippen LogP contribution in [-0.2, 0) is 16.7 Å². The van der Waals surface area contributed by atoms with Gasteiger partial charge in [0, 0.05) is 18.9 Å². The minimum Gasteiger partial charge on any atom is -0.337 e. The zero-order valence-electron chi connectivity index (χ0n) is 8.54. The van der Waals surface area contributed by atoms with Crippen LogP contribution in [-0.4, -0.2) is 28.3 Å². The molecule has 0 radical (unpaired) electrons. The molecule has 1 aromatic heterocycles. The van der Waals surface area contributed by atoms with Gasteiger partial charge in [-0.25, -0.2) is 4.98 Å². The maximum Gasteiger partial charge on any atom is 0.264 e. The largest absolute Gasteiger partial charge is 0.337 e. The molecular formula is C9H16N2O3S. The van der Waals surface area contributed by atoms with E-state index in [0.717, 1.165) is 25.8 Å². The van der Waals surface area contributed by atoms with E-state index in [1.54, 1.807) is 12.5 Å². The molecule has 0 unspecified atom stereocenters. The lowest BCUT2D eigenvalue weighted by molar-refractivity contribution is 0.478. The van der Waals surface area contributed by atoms with E-state index in [4.69, 9.17) is 4.55 Å². The summed E-state index contributed by atoms with van der Waals surface area (Å²) in [6.07, 6.45) is 8.72. The normalized spacial score (nSPS) is 11.8. The molecule has 0 aliphatic carbocycles. The fourth-order valence-electron chi connectivity index (χ4n) is 1.35. The molecule has 0 saturated heterocycles. The summed E-state index contributed by atoms with van der Waals surface area (Å²) in [5.74, 6) is -0.127. The van der Waals surface area contributed by atoms with E-state index in [1.165, 1.54) is 0 Å². The Labute approximate surface area is 89.9 Å². The molecule has 0 aromatic carbocycles. The van der Waals surface area contributed by atoms with Crippen LogP contribution in [0.5, 0.6) is 0 Å². The Hall–Kier alpha value is -0.880. The molecule has 0 fully saturated rings. The molecule has 0 amide bonds. The fourth-order valence-corrected chi connectivity index (χ4v) is 1.92. The minimum absolute atomic E-state index is 0.127. The topological polar surface area (TPSA) is 72.2 Å². The molecule has 1 N–H and O–H groups in total. The highest BCUT2D eigenvalue weighted by Crippen LogP contribution is 2.03. The summed E-state index contributed by atoms with van der Waals surface area (Å²) >= 11 is 0. The van der Waals surface area contributed by atoms with Crippen molar-refractivity contribution in [2.45, 2.75) is 32.2 Å². The van der Waals surface area contributed by atoms with Crippen molar-refractivity contribution in [3.05, 3.63) is 18.7 Å². The maximum absolute atomic E-state index is 10.4. The van der Waals surface area contributed by atoms with E-state index >= 15 is 0 Å². The molecule has 1 rings (SSSR count). The molecule has 0 atom stereocenters. The van der Waals surface area contributed by atoms with E-state index in [1.807, 2.05) is 10.8 Å². The Morgan fingerprint density at radius 1 is 1.20 bits per heavy atom. The summed E-state index contributed by atoms with van der Waals surface area (Å²) in [5, 5.41) is 0. The fraction of sp³-hybridized carbons (Fsp3) is 0.667. The number of hydrogen-bond donors (Lipinski definition) is 1. The van der Waals surface area contributed by atoms with Crippen molar-refractivity contribution in [2.24, 2.45) is 0 Å². The third kappa shape index (κ3) is 6.24. The van der Waals surface area contributed by atoms with Gasteiger partial charge in [-0.05, 0) is 12.8 Å². The van der Waals surface area contributed by atoms with Gasteiger partial charge in [-0.2, -0.15) is 8.42 Å². The monoisotopic (exact) mass is 232 g/mol. The van der Waals surface area contributed by atoms with Crippen LogP contribution in [0.2, 0.25) is 0 Å². The third-order valence-corrected chi connectivity index (χ3v) is 2.93. The van der Waals surface area contributed by atoms with Crippen LogP contribution in [0.15, 0.2) is 18.7 Å². The number of aromatic nitrogens is 2. The molecule has 86 valence electrons. The molecule has 0 bridgehead atoms. The van der Waals surface area contributed by atoms with Gasteiger partial charge in [-0.3, -0.25) is 4.55 Å². The predicted molar refractivity (Wildman–Crippen MR) is 57.1 cm³/mol. The number of imidazole rings is 1. The van der Waals surface area contributed by atoms with Crippen molar-refractivity contribution in [3.63, 3.8) is 0 Å². The molecule has 0 aliphatic heterocycles. The van der Waals surface area contributed by atoms with E-state index < -0.39 is 10.1 Å². The first-order valence-corrected chi connectivity index (χ1v) is 6.60. The summed E-state index contributed by atoms with van der Waals surface area (Å²) < 4.78 is 31.3. The Kier molecular flexibility index (Phi) is 4.77. The second kappa shape index (κ2) is 5.87. The summed E-state index contributed by atoms with van der Waals surface area (Å²) in [7, 11) is -3.77. The minimum atomic E-state index is -3.77. The van der Waals surface area contributed by atoms with Crippen molar-refractivity contribution < 1.29 is 13.0 Å². The molecule has 5 nitrogen and oxygen atoms in total. The standard InChI is InChI=1S/C9H16N2O3S/c12-15(13,14)8-4-2-1-3-6-11-7-5-10-9-11/h5,7,9H,1-4,6,8H2,(H,12,13,14). The van der Waals surface area contributed by atoms with Gasteiger partial charge in [-0.15, -0.1) is 0 Å². The first kappa shape index (κ1) is 12.2. The van der Waals surface area contributed by atoms with Crippen LogP contribution in [0.3, 0.4) is 0 Å². The first-order chi connectivity index (χ1) is 7.08. The molecule has 6 heteroatoms. The van der Waals surface area contributed by atoms with E-state index in [0.29, 0.717) is 6.42 Å². The molecular weight excluding hydrogens is 216 g/mol. The van der Waals surface area contributed by atoms with Crippen molar-refractivity contribution in [1.29, 1.82) is 0 Å². The zero-order valence-corrected chi connectivity index (χ0v) is 9.36. The number of hydrogen-bond acceptors (Lipinski definition) is 3. The van der Waals surface area contributed by atoms with Crippen molar-refractivity contribution in [3.8, 4) is 0 Å². The van der Waals surface area contributed by atoms with Gasteiger partial charge < -0.3 is 4.57 Å². The number of rotatable bonds is 7. The van der Waals surface area contributed by atoms with Gasteiger partial charge in [0.15, 0.2) is 0 Å². The van der Waals surface area contributed by atoms with Crippen molar-refractivity contribution in [1.82, 2.24) is 9.55 Å². The highest BCUT2D eigenvalue weighted by molar-refractivity contribution is 7.85. The molecule has 0 aliphatic rings. The number of unbranched alkanes of at least 4 members (excludes halogenated alkanes) is 3. The van der Waals surface area contributed by atoms with Crippen LogP contribution < -0.4 is 0 Å². The summed E-state index contributed by atoms with van der Waals surface area (Å²) in [6, 6.07) is 0. The molecule has 0 spiro atoms. The smallest absolute Gasteiger partial charge is 0.264 e. The molecule has 1 heterocycles. The van der Waals surface area contributed by atoms with Crippen molar-refractivity contribution >= 4 is 10.1 Å². The second-order valence-corrected chi connectivity index (χ2v) is 5.07. The van der Waals surface area contributed by atoms with E-state index in [-0.39, 0.29) is 5.75 Å². The van der Waals surface area contributed by atoms with Gasteiger partial charge in [0.05, 0.1) is 12.1 Å². The molecule has 0 saturated carbocycles. The van der Waals surface area contributed by atoms with Crippen LogP contribution in [0, 0.1) is 0 Å². The summed E-state index contributed by atoms with van der Waals surface area (Å²) in [6.45, 7) is 0.909. The third-order valence-electron chi connectivity index (χ3n) is 2.13. The lowest BCUT2D eigenvalue weighted by Crippen LogP contribution is -2.03. The van der Waals surface area contributed by atoms with Gasteiger partial charge in [-0.1, -0.05) is 12.8 Å². The summed E-state index contributed by atoms with van der Waals surface area (Å²) in [4.78, 5) is 3.92. The quantitative estimate of drug-likeness (QED) is 0.568. The average Bonchev–Trinajstić information content (AvgIpc) is 2.61. The van der Waals surface area contributed by atoms with Crippen LogP contribution in [0.4, 0.5) is 0 Å². The van der Waals surface area contributed by atoms with E-state index in [2.05, 4.69) is 4.98 Å². The first-order valence-electron chi connectivity index (χ1n) is 4.99. The predicted octanol–water partition coefficient (Wildman–Crippen LogP) is 1.33. The van der Waals surface area contributed by atoms with Crippen molar-refractivity contribution in [2.75, 3.05) is 5.75 Å². The average molecular weight is 232 g/mol. The number of nitrogens with zero attached hydrogens (tertiary/aromatic N) is 2. The van der Waals surface area contributed by atoms with Crippen LogP contribution in [0.25, 0.3) is 0 Å². The Morgan fingerprint density at radius 2 is 1.93 bits per heavy atom. The highest BCUT2D eigenvalue weighted by Gasteiger charge is 2.02. The zero-order chi connectivity index (χ0) is 11.1. The lowest BCUT2D eigenvalue weighted by atomic mass is 10.2.